The summed E-state index contributed by atoms with van der Waals surface area (Å²) in [6, 6.07) is 3.87. The van der Waals surface area contributed by atoms with Crippen molar-refractivity contribution in [3.8, 4) is 0 Å². The summed E-state index contributed by atoms with van der Waals surface area (Å²) < 4.78 is -0.690. The summed E-state index contributed by atoms with van der Waals surface area (Å²) in [5.74, 6) is -3.48. The smallest absolute Gasteiger partial charge is 0.336 e. The first kappa shape index (κ1) is 17.3. The van der Waals surface area contributed by atoms with Gasteiger partial charge in [0.05, 0.1) is 11.1 Å². The molecule has 0 saturated carbocycles. The lowest BCUT2D eigenvalue weighted by Crippen LogP contribution is -2.70. The molecular formula is C16H16N2O6S. The van der Waals surface area contributed by atoms with Crippen LogP contribution in [0.1, 0.15) is 34.6 Å². The molecule has 8 nitrogen and oxygen atoms in total. The van der Waals surface area contributed by atoms with Gasteiger partial charge in [-0.1, -0.05) is 12.1 Å². The topological polar surface area (TPSA) is 124 Å². The van der Waals surface area contributed by atoms with Gasteiger partial charge in [0.2, 0.25) is 5.91 Å². The number of aromatic carboxylic acids is 1. The molecule has 0 spiro atoms. The highest BCUT2D eigenvalue weighted by molar-refractivity contribution is 8.01. The average molecular weight is 364 g/mol. The normalized spacial score (nSPS) is 26.6. The largest absolute Gasteiger partial charge is 0.480 e. The molecule has 25 heavy (non-hydrogen) atoms. The molecule has 3 atom stereocenters. The van der Waals surface area contributed by atoms with E-state index in [2.05, 4.69) is 5.32 Å². The van der Waals surface area contributed by atoms with Gasteiger partial charge in [0.25, 0.3) is 5.91 Å². The third-order valence-corrected chi connectivity index (χ3v) is 5.94. The number of carboxylic acids is 2. The second-order valence-corrected chi connectivity index (χ2v) is 8.17. The number of benzene rings is 1. The number of aliphatic carboxylic acids is 1. The van der Waals surface area contributed by atoms with E-state index >= 15 is 0 Å². The molecule has 1 aromatic rings. The molecule has 0 unspecified atom stereocenters. The van der Waals surface area contributed by atoms with Gasteiger partial charge in [0, 0.05) is 4.75 Å². The van der Waals surface area contributed by atoms with Gasteiger partial charge in [-0.05, 0) is 26.0 Å². The lowest BCUT2D eigenvalue weighted by atomic mass is 9.95. The minimum atomic E-state index is -1.24. The molecule has 2 aliphatic heterocycles. The predicted octanol–water partition coefficient (Wildman–Crippen LogP) is 0.630. The highest BCUT2D eigenvalue weighted by Gasteiger charge is 2.64. The number of thioether (sulfide) groups is 1. The van der Waals surface area contributed by atoms with Crippen LogP contribution in [0.3, 0.4) is 0 Å². The monoisotopic (exact) mass is 364 g/mol. The van der Waals surface area contributed by atoms with Crippen molar-refractivity contribution >= 4 is 35.5 Å². The van der Waals surface area contributed by atoms with Crippen LogP contribution in [0.4, 0.5) is 0 Å². The standard InChI is InChI=1S/C16H16N2O6S/c1-16(2)10(15(23)24)18-12(20)9(13(18)25-16)17-11(19)7-5-3-4-6-8(7)14(21)22/h3-6,9-10,13H,1-2H3,(H,17,19)(H,21,22)(H,23,24)/t9-,10+,13-/m1/s1. The van der Waals surface area contributed by atoms with Gasteiger partial charge in [0.1, 0.15) is 17.5 Å². The Bertz CT molecular complexity index is 793. The van der Waals surface area contributed by atoms with Crippen molar-refractivity contribution in [3.63, 3.8) is 0 Å². The molecule has 3 rings (SSSR count). The van der Waals surface area contributed by atoms with Gasteiger partial charge in [0.15, 0.2) is 0 Å². The van der Waals surface area contributed by atoms with Crippen LogP contribution in [0, 0.1) is 0 Å². The van der Waals surface area contributed by atoms with E-state index in [1.54, 1.807) is 13.8 Å². The van der Waals surface area contributed by atoms with Crippen molar-refractivity contribution in [2.75, 3.05) is 0 Å². The van der Waals surface area contributed by atoms with Crippen molar-refractivity contribution in [1.29, 1.82) is 0 Å². The number of nitrogens with one attached hydrogen (secondary N) is 1. The van der Waals surface area contributed by atoms with E-state index in [9.17, 15) is 24.3 Å². The van der Waals surface area contributed by atoms with Crippen LogP contribution >= 0.6 is 11.8 Å². The van der Waals surface area contributed by atoms with Crippen LogP contribution in [0.25, 0.3) is 0 Å². The Hall–Kier alpha value is -2.55. The predicted molar refractivity (Wildman–Crippen MR) is 88.4 cm³/mol. The fourth-order valence-corrected chi connectivity index (χ4v) is 4.86. The zero-order chi connectivity index (χ0) is 18.5. The Morgan fingerprint density at radius 1 is 1.16 bits per heavy atom. The zero-order valence-corrected chi connectivity index (χ0v) is 14.2. The average Bonchev–Trinajstić information content (AvgIpc) is 2.80. The maximum absolute atomic E-state index is 12.4. The van der Waals surface area contributed by atoms with E-state index in [-0.39, 0.29) is 11.1 Å². The SMILES string of the molecule is CC1(C)S[C@@H]2[C@H](NC(=O)c3ccccc3C(=O)O)C(=O)N2[C@H]1C(=O)O. The summed E-state index contributed by atoms with van der Waals surface area (Å²) >= 11 is 1.31. The number of carboxylic acid groups (broad SMARTS) is 2. The molecule has 0 radical (unpaired) electrons. The number of amides is 2. The van der Waals surface area contributed by atoms with Gasteiger partial charge in [-0.25, -0.2) is 9.59 Å². The summed E-state index contributed by atoms with van der Waals surface area (Å²) in [6.07, 6.45) is 0. The maximum Gasteiger partial charge on any atom is 0.336 e. The third-order valence-electron chi connectivity index (χ3n) is 4.36. The molecule has 0 aromatic heterocycles. The first-order valence-electron chi connectivity index (χ1n) is 7.51. The van der Waals surface area contributed by atoms with Crippen LogP contribution in [-0.2, 0) is 9.59 Å². The summed E-state index contributed by atoms with van der Waals surface area (Å²) in [5, 5.41) is 20.6. The first-order valence-corrected chi connectivity index (χ1v) is 8.39. The highest BCUT2D eigenvalue weighted by atomic mass is 32.2. The number of β-lactam (4-membered cyclic amide) rings is 1. The molecule has 0 bridgehead atoms. The number of hydrogen-bond acceptors (Lipinski definition) is 5. The molecule has 132 valence electrons. The number of nitrogens with zero attached hydrogens (tertiary/aromatic N) is 1. The molecule has 2 fully saturated rings. The molecule has 9 heteroatoms. The summed E-state index contributed by atoms with van der Waals surface area (Å²) in [4.78, 5) is 48.7. The van der Waals surface area contributed by atoms with Crippen molar-refractivity contribution in [3.05, 3.63) is 35.4 Å². The number of fused-ring (bicyclic) bond motifs is 1. The Morgan fingerprint density at radius 2 is 1.76 bits per heavy atom. The second-order valence-electron chi connectivity index (χ2n) is 6.40. The Balaban J connectivity index is 1.80. The van der Waals surface area contributed by atoms with Crippen molar-refractivity contribution in [2.24, 2.45) is 0 Å². The fraction of sp³-hybridized carbons (Fsp3) is 0.375. The van der Waals surface area contributed by atoms with Gasteiger partial charge in [-0.2, -0.15) is 0 Å². The van der Waals surface area contributed by atoms with Crippen LogP contribution < -0.4 is 5.32 Å². The van der Waals surface area contributed by atoms with E-state index in [0.29, 0.717) is 0 Å². The number of carbonyl (C=O) groups is 4. The van der Waals surface area contributed by atoms with Crippen LogP contribution in [0.5, 0.6) is 0 Å². The number of hydrogen-bond donors (Lipinski definition) is 3. The van der Waals surface area contributed by atoms with E-state index in [1.807, 2.05) is 0 Å². The van der Waals surface area contributed by atoms with E-state index in [4.69, 9.17) is 5.11 Å². The number of rotatable bonds is 4. The Kier molecular flexibility index (Phi) is 3.98. The lowest BCUT2D eigenvalue weighted by molar-refractivity contribution is -0.159. The quantitative estimate of drug-likeness (QED) is 0.669. The van der Waals surface area contributed by atoms with Crippen molar-refractivity contribution < 1.29 is 29.4 Å². The van der Waals surface area contributed by atoms with E-state index in [1.165, 1.54) is 40.9 Å². The molecule has 2 heterocycles. The minimum absolute atomic E-state index is 0.0432. The summed E-state index contributed by atoms with van der Waals surface area (Å²) in [5.41, 5.74) is -0.204. The fourth-order valence-electron chi connectivity index (χ4n) is 3.23. The third kappa shape index (κ3) is 2.64. The van der Waals surface area contributed by atoms with Crippen LogP contribution in [-0.4, -0.2) is 61.1 Å². The number of carbonyl (C=O) groups excluding carboxylic acids is 2. The molecule has 2 amide bonds. The molecule has 2 aliphatic rings. The molecule has 0 aliphatic carbocycles. The van der Waals surface area contributed by atoms with E-state index in [0.717, 1.165) is 0 Å². The van der Waals surface area contributed by atoms with Crippen molar-refractivity contribution in [2.45, 2.75) is 36.1 Å². The van der Waals surface area contributed by atoms with Gasteiger partial charge in [-0.3, -0.25) is 9.59 Å². The second kappa shape index (κ2) is 5.76. The highest BCUT2D eigenvalue weighted by Crippen LogP contribution is 2.50. The molecule has 2 saturated heterocycles. The molecule has 1 aromatic carbocycles. The molecular weight excluding hydrogens is 348 g/mol. The van der Waals surface area contributed by atoms with E-state index < -0.39 is 46.0 Å². The van der Waals surface area contributed by atoms with Crippen molar-refractivity contribution in [1.82, 2.24) is 10.2 Å². The van der Waals surface area contributed by atoms with Crippen LogP contribution in [0.2, 0.25) is 0 Å². The minimum Gasteiger partial charge on any atom is -0.480 e. The van der Waals surface area contributed by atoms with Crippen LogP contribution in [0.15, 0.2) is 24.3 Å². The van der Waals surface area contributed by atoms with Gasteiger partial charge >= 0.3 is 11.9 Å². The van der Waals surface area contributed by atoms with Gasteiger partial charge in [-0.15, -0.1) is 11.8 Å². The zero-order valence-electron chi connectivity index (χ0n) is 13.4. The Labute approximate surface area is 147 Å². The summed E-state index contributed by atoms with van der Waals surface area (Å²) in [7, 11) is 0. The molecule has 3 N–H and O–H groups in total. The summed E-state index contributed by atoms with van der Waals surface area (Å²) in [6.45, 7) is 3.47. The van der Waals surface area contributed by atoms with Gasteiger partial charge < -0.3 is 20.4 Å². The first-order chi connectivity index (χ1) is 11.6. The Morgan fingerprint density at radius 3 is 2.32 bits per heavy atom. The lowest BCUT2D eigenvalue weighted by Gasteiger charge is -2.43. The maximum atomic E-state index is 12.4.